The standard InChI is InChI=1S/C21H17ClO4/c22-18-11-14(12-19-20(18)25-10-4-9-24-19)13-26-21(23)17-8-3-6-15-5-1-2-7-16(15)17/h1-3,5-8,11-12H,4,9-10,13H2. The van der Waals surface area contributed by atoms with E-state index in [1.54, 1.807) is 12.1 Å². The van der Waals surface area contributed by atoms with E-state index in [0.29, 0.717) is 35.3 Å². The summed E-state index contributed by atoms with van der Waals surface area (Å²) >= 11 is 6.28. The van der Waals surface area contributed by atoms with Crippen LogP contribution in [0.1, 0.15) is 22.3 Å². The number of hydrogen-bond acceptors (Lipinski definition) is 4. The van der Waals surface area contributed by atoms with Crippen LogP contribution in [0.25, 0.3) is 10.8 Å². The first-order valence-electron chi connectivity index (χ1n) is 8.45. The number of fused-ring (bicyclic) bond motifs is 2. The second kappa shape index (κ2) is 7.26. The molecule has 0 radical (unpaired) electrons. The molecule has 1 heterocycles. The topological polar surface area (TPSA) is 44.8 Å². The first-order valence-corrected chi connectivity index (χ1v) is 8.83. The quantitative estimate of drug-likeness (QED) is 0.609. The molecule has 4 nitrogen and oxygen atoms in total. The van der Waals surface area contributed by atoms with Gasteiger partial charge in [-0.25, -0.2) is 4.79 Å². The summed E-state index contributed by atoms with van der Waals surface area (Å²) in [6.07, 6.45) is 0.802. The number of carbonyl (C=O) groups excluding carboxylic acids is 1. The van der Waals surface area contributed by atoms with Crippen LogP contribution in [-0.4, -0.2) is 19.2 Å². The molecule has 0 fully saturated rings. The van der Waals surface area contributed by atoms with Crippen LogP contribution in [0.4, 0.5) is 0 Å². The van der Waals surface area contributed by atoms with Gasteiger partial charge in [0.05, 0.1) is 23.8 Å². The molecular formula is C21H17ClO4. The summed E-state index contributed by atoms with van der Waals surface area (Å²) in [7, 11) is 0. The molecule has 0 aromatic heterocycles. The van der Waals surface area contributed by atoms with E-state index in [-0.39, 0.29) is 12.6 Å². The number of rotatable bonds is 3. The van der Waals surface area contributed by atoms with Gasteiger partial charge in [-0.15, -0.1) is 0 Å². The summed E-state index contributed by atoms with van der Waals surface area (Å²) in [6.45, 7) is 1.25. The number of carbonyl (C=O) groups is 1. The van der Waals surface area contributed by atoms with Crippen molar-refractivity contribution in [2.45, 2.75) is 13.0 Å². The highest BCUT2D eigenvalue weighted by molar-refractivity contribution is 6.32. The SMILES string of the molecule is O=C(OCc1cc(Cl)c2c(c1)OCCCO2)c1cccc2ccccc12. The summed E-state index contributed by atoms with van der Waals surface area (Å²) in [4.78, 5) is 12.5. The lowest BCUT2D eigenvalue weighted by Gasteiger charge is -2.12. The monoisotopic (exact) mass is 368 g/mol. The Bertz CT molecular complexity index is 962. The molecule has 0 amide bonds. The zero-order valence-corrected chi connectivity index (χ0v) is 14.8. The Morgan fingerprint density at radius 1 is 1.04 bits per heavy atom. The summed E-state index contributed by atoms with van der Waals surface area (Å²) in [5, 5.41) is 2.33. The first kappa shape index (κ1) is 16.7. The van der Waals surface area contributed by atoms with Gasteiger partial charge >= 0.3 is 5.97 Å². The van der Waals surface area contributed by atoms with Gasteiger partial charge in [-0.3, -0.25) is 0 Å². The lowest BCUT2D eigenvalue weighted by molar-refractivity contribution is 0.0474. The molecule has 0 spiro atoms. The minimum atomic E-state index is -0.370. The lowest BCUT2D eigenvalue weighted by Crippen LogP contribution is -2.06. The molecule has 0 aliphatic carbocycles. The molecule has 3 aromatic rings. The Labute approximate surface area is 156 Å². The predicted octanol–water partition coefficient (Wildman–Crippen LogP) is 5.01. The van der Waals surface area contributed by atoms with E-state index in [1.165, 1.54) is 0 Å². The highest BCUT2D eigenvalue weighted by Crippen LogP contribution is 2.38. The molecule has 0 saturated carbocycles. The molecule has 0 saturated heterocycles. The molecule has 0 atom stereocenters. The van der Waals surface area contributed by atoms with Gasteiger partial charge in [-0.2, -0.15) is 0 Å². The van der Waals surface area contributed by atoms with Crippen molar-refractivity contribution in [2.24, 2.45) is 0 Å². The molecule has 5 heteroatoms. The van der Waals surface area contributed by atoms with Gasteiger partial charge in [0.1, 0.15) is 6.61 Å². The molecule has 26 heavy (non-hydrogen) atoms. The average molecular weight is 369 g/mol. The number of halogens is 1. The Morgan fingerprint density at radius 3 is 2.77 bits per heavy atom. The van der Waals surface area contributed by atoms with E-state index in [9.17, 15) is 4.79 Å². The third kappa shape index (κ3) is 3.33. The van der Waals surface area contributed by atoms with E-state index in [2.05, 4.69) is 0 Å². The Kier molecular flexibility index (Phi) is 4.67. The predicted molar refractivity (Wildman–Crippen MR) is 100 cm³/mol. The Hall–Kier alpha value is -2.72. The van der Waals surface area contributed by atoms with Crippen LogP contribution in [0.5, 0.6) is 11.5 Å². The highest BCUT2D eigenvalue weighted by atomic mass is 35.5. The largest absolute Gasteiger partial charge is 0.489 e. The van der Waals surface area contributed by atoms with E-state index < -0.39 is 0 Å². The smallest absolute Gasteiger partial charge is 0.339 e. The van der Waals surface area contributed by atoms with Gasteiger partial charge in [-0.05, 0) is 34.5 Å². The number of hydrogen-bond donors (Lipinski definition) is 0. The zero-order valence-electron chi connectivity index (χ0n) is 14.0. The van der Waals surface area contributed by atoms with Gasteiger partial charge in [0.15, 0.2) is 11.5 Å². The summed E-state index contributed by atoms with van der Waals surface area (Å²) in [6, 6.07) is 16.9. The van der Waals surface area contributed by atoms with E-state index in [4.69, 9.17) is 25.8 Å². The molecule has 1 aliphatic heterocycles. The van der Waals surface area contributed by atoms with Crippen molar-refractivity contribution in [2.75, 3.05) is 13.2 Å². The van der Waals surface area contributed by atoms with E-state index in [1.807, 2.05) is 42.5 Å². The van der Waals surface area contributed by atoms with Crippen LogP contribution in [0, 0.1) is 0 Å². The Balaban J connectivity index is 1.54. The minimum absolute atomic E-state index is 0.110. The number of ether oxygens (including phenoxy) is 3. The van der Waals surface area contributed by atoms with Crippen LogP contribution in [-0.2, 0) is 11.3 Å². The molecule has 3 aromatic carbocycles. The van der Waals surface area contributed by atoms with Gasteiger partial charge in [0, 0.05) is 6.42 Å². The molecule has 0 unspecified atom stereocenters. The zero-order chi connectivity index (χ0) is 17.9. The number of benzene rings is 3. The third-order valence-corrected chi connectivity index (χ3v) is 4.52. The lowest BCUT2D eigenvalue weighted by atomic mass is 10.0. The maximum Gasteiger partial charge on any atom is 0.339 e. The van der Waals surface area contributed by atoms with Crippen molar-refractivity contribution >= 4 is 28.3 Å². The maximum absolute atomic E-state index is 12.5. The molecule has 4 rings (SSSR count). The van der Waals surface area contributed by atoms with E-state index in [0.717, 1.165) is 22.8 Å². The van der Waals surface area contributed by atoms with Crippen molar-refractivity contribution in [3.63, 3.8) is 0 Å². The van der Waals surface area contributed by atoms with Gasteiger partial charge in [0.25, 0.3) is 0 Å². The first-order chi connectivity index (χ1) is 12.7. The van der Waals surface area contributed by atoms with Crippen molar-refractivity contribution in [1.82, 2.24) is 0 Å². The van der Waals surface area contributed by atoms with Crippen LogP contribution in [0.15, 0.2) is 54.6 Å². The van der Waals surface area contributed by atoms with Crippen LogP contribution < -0.4 is 9.47 Å². The van der Waals surface area contributed by atoms with Gasteiger partial charge in [0.2, 0.25) is 0 Å². The molecule has 1 aliphatic rings. The van der Waals surface area contributed by atoms with Crippen molar-refractivity contribution in [3.8, 4) is 11.5 Å². The third-order valence-electron chi connectivity index (χ3n) is 4.24. The maximum atomic E-state index is 12.5. The summed E-state index contributed by atoms with van der Waals surface area (Å²) in [5.41, 5.74) is 1.30. The minimum Gasteiger partial charge on any atom is -0.489 e. The van der Waals surface area contributed by atoms with Crippen molar-refractivity contribution in [1.29, 1.82) is 0 Å². The average Bonchev–Trinajstić information content (AvgIpc) is 2.91. The second-order valence-electron chi connectivity index (χ2n) is 6.06. The van der Waals surface area contributed by atoms with Gasteiger partial charge in [-0.1, -0.05) is 48.0 Å². The Morgan fingerprint density at radius 2 is 1.85 bits per heavy atom. The normalized spacial score (nSPS) is 13.3. The molecular weight excluding hydrogens is 352 g/mol. The summed E-state index contributed by atoms with van der Waals surface area (Å²) < 4.78 is 16.8. The van der Waals surface area contributed by atoms with Gasteiger partial charge < -0.3 is 14.2 Å². The molecule has 132 valence electrons. The van der Waals surface area contributed by atoms with Crippen molar-refractivity contribution < 1.29 is 19.0 Å². The number of esters is 1. The van der Waals surface area contributed by atoms with Crippen LogP contribution >= 0.6 is 11.6 Å². The fourth-order valence-corrected chi connectivity index (χ4v) is 3.29. The molecule has 0 bridgehead atoms. The highest BCUT2D eigenvalue weighted by Gasteiger charge is 2.17. The molecule has 0 N–H and O–H groups in total. The summed E-state index contributed by atoms with van der Waals surface area (Å²) in [5.74, 6) is 0.768. The second-order valence-corrected chi connectivity index (χ2v) is 6.47. The van der Waals surface area contributed by atoms with Crippen LogP contribution in [0.2, 0.25) is 5.02 Å². The van der Waals surface area contributed by atoms with E-state index >= 15 is 0 Å². The fourth-order valence-electron chi connectivity index (χ4n) is 3.00. The van der Waals surface area contributed by atoms with Crippen LogP contribution in [0.3, 0.4) is 0 Å². The van der Waals surface area contributed by atoms with Crippen molar-refractivity contribution in [3.05, 3.63) is 70.7 Å². The fraction of sp³-hybridized carbons (Fsp3) is 0.190.